The molecule has 0 spiro atoms. The molecule has 172 valence electrons. The first-order valence-corrected chi connectivity index (χ1v) is 11.4. The summed E-state index contributed by atoms with van der Waals surface area (Å²) in [6, 6.07) is 11.4. The van der Waals surface area contributed by atoms with Gasteiger partial charge < -0.3 is 9.64 Å². The Bertz CT molecular complexity index is 1320. The summed E-state index contributed by atoms with van der Waals surface area (Å²) in [6.45, 7) is 3.27. The normalized spacial score (nSPS) is 15.8. The lowest BCUT2D eigenvalue weighted by Gasteiger charge is -2.33. The van der Waals surface area contributed by atoms with Gasteiger partial charge in [-0.15, -0.1) is 0 Å². The number of carbonyl (C=O) groups excluding carboxylic acids is 1. The SMILES string of the molecule is Cc1ccccc1Oc1nccnc1C1CCCN(C(=O)c2ccnc(-c3cnn(C)c3)c2)C1. The van der Waals surface area contributed by atoms with E-state index in [0.29, 0.717) is 24.5 Å². The van der Waals surface area contributed by atoms with E-state index in [1.54, 1.807) is 35.5 Å². The second-order valence-corrected chi connectivity index (χ2v) is 8.54. The zero-order valence-electron chi connectivity index (χ0n) is 19.3. The van der Waals surface area contributed by atoms with Gasteiger partial charge in [-0.25, -0.2) is 4.98 Å². The number of carbonyl (C=O) groups is 1. The Hall–Kier alpha value is -4.07. The Morgan fingerprint density at radius 1 is 1.09 bits per heavy atom. The summed E-state index contributed by atoms with van der Waals surface area (Å²) < 4.78 is 7.87. The molecule has 1 amide bonds. The minimum atomic E-state index is -0.0116. The minimum Gasteiger partial charge on any atom is -0.437 e. The Balaban J connectivity index is 1.36. The summed E-state index contributed by atoms with van der Waals surface area (Å²) in [6.07, 6.45) is 10.4. The van der Waals surface area contributed by atoms with E-state index >= 15 is 0 Å². The highest BCUT2D eigenvalue weighted by Crippen LogP contribution is 2.34. The second-order valence-electron chi connectivity index (χ2n) is 8.54. The van der Waals surface area contributed by atoms with E-state index in [-0.39, 0.29) is 11.8 Å². The molecule has 0 N–H and O–H groups in total. The number of para-hydroxylation sites is 1. The van der Waals surface area contributed by atoms with Crippen LogP contribution < -0.4 is 4.74 Å². The van der Waals surface area contributed by atoms with Gasteiger partial charge in [0.15, 0.2) is 0 Å². The van der Waals surface area contributed by atoms with Crippen LogP contribution in [0.3, 0.4) is 0 Å². The molecule has 1 atom stereocenters. The number of aryl methyl sites for hydroxylation is 2. The molecule has 8 nitrogen and oxygen atoms in total. The Kier molecular flexibility index (Phi) is 6.03. The van der Waals surface area contributed by atoms with E-state index in [4.69, 9.17) is 4.74 Å². The number of benzene rings is 1. The third kappa shape index (κ3) is 4.52. The molecule has 1 saturated heterocycles. The highest BCUT2D eigenvalue weighted by atomic mass is 16.5. The van der Waals surface area contributed by atoms with Crippen molar-refractivity contribution in [3.63, 3.8) is 0 Å². The lowest BCUT2D eigenvalue weighted by molar-refractivity contribution is 0.0704. The maximum atomic E-state index is 13.4. The quantitative estimate of drug-likeness (QED) is 0.445. The molecule has 1 aliphatic rings. The van der Waals surface area contributed by atoms with Gasteiger partial charge in [-0.1, -0.05) is 18.2 Å². The van der Waals surface area contributed by atoms with E-state index in [9.17, 15) is 4.79 Å². The molecule has 1 aliphatic heterocycles. The molecule has 8 heteroatoms. The lowest BCUT2D eigenvalue weighted by Crippen LogP contribution is -2.39. The van der Waals surface area contributed by atoms with Crippen LogP contribution in [-0.2, 0) is 7.05 Å². The number of hydrogen-bond donors (Lipinski definition) is 0. The first kappa shape index (κ1) is 21.8. The largest absolute Gasteiger partial charge is 0.437 e. The van der Waals surface area contributed by atoms with Crippen molar-refractivity contribution in [3.8, 4) is 22.9 Å². The van der Waals surface area contributed by atoms with Gasteiger partial charge in [-0.2, -0.15) is 5.10 Å². The van der Waals surface area contributed by atoms with Gasteiger partial charge in [0.05, 0.1) is 11.9 Å². The number of pyridine rings is 1. The van der Waals surface area contributed by atoms with Crippen molar-refractivity contribution >= 4 is 5.91 Å². The highest BCUT2D eigenvalue weighted by Gasteiger charge is 2.29. The van der Waals surface area contributed by atoms with Gasteiger partial charge in [-0.3, -0.25) is 19.4 Å². The van der Waals surface area contributed by atoms with Gasteiger partial charge in [0.2, 0.25) is 5.88 Å². The van der Waals surface area contributed by atoms with Crippen molar-refractivity contribution in [2.75, 3.05) is 13.1 Å². The topological polar surface area (TPSA) is 86.0 Å². The average molecular weight is 455 g/mol. The standard InChI is InChI=1S/C26H26N6O2/c1-18-6-3-4-8-23(18)34-25-24(28-11-12-29-25)20-7-5-13-32(17-20)26(33)19-9-10-27-22(14-19)21-15-30-31(2)16-21/h3-4,6,8-12,14-16,20H,5,7,13,17H2,1-2H3. The average Bonchev–Trinajstić information content (AvgIpc) is 3.32. The minimum absolute atomic E-state index is 0.0116. The number of hydrogen-bond acceptors (Lipinski definition) is 6. The molecule has 0 bridgehead atoms. The summed E-state index contributed by atoms with van der Waals surface area (Å²) in [5.41, 5.74) is 4.04. The van der Waals surface area contributed by atoms with Crippen LogP contribution in [0, 0.1) is 6.92 Å². The Morgan fingerprint density at radius 3 is 2.76 bits per heavy atom. The van der Waals surface area contributed by atoms with Crippen molar-refractivity contribution < 1.29 is 9.53 Å². The first-order chi connectivity index (χ1) is 16.6. The van der Waals surface area contributed by atoms with Gasteiger partial charge in [0.1, 0.15) is 11.4 Å². The number of amides is 1. The van der Waals surface area contributed by atoms with Crippen molar-refractivity contribution in [1.29, 1.82) is 0 Å². The fourth-order valence-electron chi connectivity index (χ4n) is 4.31. The molecule has 1 aromatic carbocycles. The summed E-state index contributed by atoms with van der Waals surface area (Å²) in [7, 11) is 1.86. The first-order valence-electron chi connectivity index (χ1n) is 11.4. The molecule has 1 fully saturated rings. The molecule has 0 radical (unpaired) electrons. The number of ether oxygens (including phenoxy) is 1. The number of piperidine rings is 1. The zero-order valence-corrected chi connectivity index (χ0v) is 19.3. The van der Waals surface area contributed by atoms with Gasteiger partial charge in [0, 0.05) is 62.0 Å². The maximum absolute atomic E-state index is 13.4. The molecule has 4 heterocycles. The number of aromatic nitrogens is 5. The van der Waals surface area contributed by atoms with Crippen LogP contribution in [-0.4, -0.2) is 48.6 Å². The monoisotopic (exact) mass is 454 g/mol. The van der Waals surface area contributed by atoms with Crippen molar-refractivity contribution in [3.05, 3.63) is 84.2 Å². The van der Waals surface area contributed by atoms with Crippen molar-refractivity contribution in [2.45, 2.75) is 25.7 Å². The number of nitrogens with zero attached hydrogens (tertiary/aromatic N) is 6. The van der Waals surface area contributed by atoms with Crippen molar-refractivity contribution in [1.82, 2.24) is 29.6 Å². The fourth-order valence-corrected chi connectivity index (χ4v) is 4.31. The van der Waals surface area contributed by atoms with Gasteiger partial charge >= 0.3 is 0 Å². The molecule has 34 heavy (non-hydrogen) atoms. The van der Waals surface area contributed by atoms with Crippen LogP contribution in [0.15, 0.2) is 67.4 Å². The smallest absolute Gasteiger partial charge is 0.254 e. The van der Waals surface area contributed by atoms with E-state index in [0.717, 1.165) is 41.1 Å². The van der Waals surface area contributed by atoms with Crippen LogP contribution in [0.1, 0.15) is 40.4 Å². The molecule has 0 saturated carbocycles. The van der Waals surface area contributed by atoms with E-state index in [1.165, 1.54) is 0 Å². The fraction of sp³-hybridized carbons (Fsp3) is 0.269. The third-order valence-electron chi connectivity index (χ3n) is 6.09. The molecular weight excluding hydrogens is 428 g/mol. The number of likely N-dealkylation sites (tertiary alicyclic amines) is 1. The van der Waals surface area contributed by atoms with Gasteiger partial charge in [0.25, 0.3) is 5.91 Å². The van der Waals surface area contributed by atoms with Crippen LogP contribution in [0.5, 0.6) is 11.6 Å². The molecular formula is C26H26N6O2. The molecule has 0 aliphatic carbocycles. The predicted molar refractivity (Wildman–Crippen MR) is 128 cm³/mol. The van der Waals surface area contributed by atoms with Crippen LogP contribution in [0.2, 0.25) is 0 Å². The molecule has 5 rings (SSSR count). The second kappa shape index (κ2) is 9.43. The zero-order chi connectivity index (χ0) is 23.5. The van der Waals surface area contributed by atoms with Crippen molar-refractivity contribution in [2.24, 2.45) is 7.05 Å². The van der Waals surface area contributed by atoms with Crippen LogP contribution >= 0.6 is 0 Å². The van der Waals surface area contributed by atoms with E-state index < -0.39 is 0 Å². The lowest BCUT2D eigenvalue weighted by atomic mass is 9.94. The van der Waals surface area contributed by atoms with Gasteiger partial charge in [-0.05, 0) is 43.5 Å². The van der Waals surface area contributed by atoms with Crippen LogP contribution in [0.25, 0.3) is 11.3 Å². The Labute approximate surface area is 198 Å². The van der Waals surface area contributed by atoms with E-state index in [2.05, 4.69) is 20.1 Å². The Morgan fingerprint density at radius 2 is 1.94 bits per heavy atom. The highest BCUT2D eigenvalue weighted by molar-refractivity contribution is 5.95. The van der Waals surface area contributed by atoms with Crippen LogP contribution in [0.4, 0.5) is 0 Å². The van der Waals surface area contributed by atoms with E-state index in [1.807, 2.05) is 55.4 Å². The summed E-state index contributed by atoms with van der Waals surface area (Å²) >= 11 is 0. The molecule has 4 aromatic rings. The molecule has 3 aromatic heterocycles. The summed E-state index contributed by atoms with van der Waals surface area (Å²) in [4.78, 5) is 28.8. The predicted octanol–water partition coefficient (Wildman–Crippen LogP) is 4.39. The maximum Gasteiger partial charge on any atom is 0.254 e. The third-order valence-corrected chi connectivity index (χ3v) is 6.09. The molecule has 1 unspecified atom stereocenters. The number of rotatable bonds is 5. The summed E-state index contributed by atoms with van der Waals surface area (Å²) in [5.74, 6) is 1.29. The summed E-state index contributed by atoms with van der Waals surface area (Å²) in [5, 5.41) is 4.20.